The van der Waals surface area contributed by atoms with E-state index >= 15 is 0 Å². The Hall–Kier alpha value is -1.80. The van der Waals surface area contributed by atoms with Crippen LogP contribution in [0.3, 0.4) is 0 Å². The Morgan fingerprint density at radius 3 is 2.76 bits per heavy atom. The first-order valence-corrected chi connectivity index (χ1v) is 6.90. The third-order valence-electron chi connectivity index (χ3n) is 2.95. The number of aliphatic hydroxyl groups is 3. The van der Waals surface area contributed by atoms with Gasteiger partial charge in [-0.1, -0.05) is 26.2 Å². The summed E-state index contributed by atoms with van der Waals surface area (Å²) in [5.74, 6) is -2.44. The van der Waals surface area contributed by atoms with Crippen molar-refractivity contribution < 1.29 is 34.4 Å². The molecule has 0 spiro atoms. The number of unbranched alkanes of at least 4 members (excludes halogenated alkanes) is 3. The van der Waals surface area contributed by atoms with Gasteiger partial charge in [0.15, 0.2) is 11.9 Å². The maximum absolute atomic E-state index is 11.5. The lowest BCUT2D eigenvalue weighted by atomic mass is 10.2. The first kappa shape index (κ1) is 17.3. The number of hydrogen-bond acceptors (Lipinski definition) is 7. The molecule has 1 unspecified atom stereocenters. The van der Waals surface area contributed by atoms with E-state index in [0.717, 1.165) is 25.7 Å². The van der Waals surface area contributed by atoms with Crippen LogP contribution in [0, 0.1) is 0 Å². The van der Waals surface area contributed by atoms with Crippen LogP contribution in [0.4, 0.5) is 4.79 Å². The fourth-order valence-electron chi connectivity index (χ4n) is 1.78. The van der Waals surface area contributed by atoms with E-state index in [1.54, 1.807) is 0 Å². The highest BCUT2D eigenvalue weighted by Crippen LogP contribution is 2.24. The minimum absolute atomic E-state index is 0.393. The van der Waals surface area contributed by atoms with Crippen LogP contribution in [0.15, 0.2) is 11.5 Å². The first-order chi connectivity index (χ1) is 10.0. The van der Waals surface area contributed by atoms with E-state index in [-0.39, 0.29) is 0 Å². The second kappa shape index (κ2) is 8.48. The molecule has 0 saturated heterocycles. The molecule has 1 amide bonds. The third kappa shape index (κ3) is 4.91. The average molecular weight is 303 g/mol. The van der Waals surface area contributed by atoms with Gasteiger partial charge in [0.05, 0.1) is 6.61 Å². The van der Waals surface area contributed by atoms with Gasteiger partial charge in [-0.25, -0.2) is 9.59 Å². The monoisotopic (exact) mass is 303 g/mol. The maximum atomic E-state index is 11.5. The number of carbonyl (C=O) groups is 2. The summed E-state index contributed by atoms with van der Waals surface area (Å²) in [6.45, 7) is 1.75. The van der Waals surface area contributed by atoms with E-state index in [4.69, 9.17) is 5.11 Å². The number of amides is 1. The Morgan fingerprint density at radius 1 is 1.43 bits per heavy atom. The predicted octanol–water partition coefficient (Wildman–Crippen LogP) is 0.341. The van der Waals surface area contributed by atoms with Gasteiger partial charge in [-0.15, -0.1) is 0 Å². The molecule has 1 aliphatic heterocycles. The Labute approximate surface area is 122 Å². The number of hydrogen-bond donors (Lipinski definition) is 4. The normalized spacial score (nSPS) is 19.4. The van der Waals surface area contributed by atoms with Crippen molar-refractivity contribution in [1.82, 2.24) is 5.32 Å². The molecule has 0 aromatic carbocycles. The predicted molar refractivity (Wildman–Crippen MR) is 71.3 cm³/mol. The SMILES string of the molecule is CCCCCCNC(=O)OC1=C(O)[C@@H](C(O)CO)OC1=O. The zero-order valence-electron chi connectivity index (χ0n) is 11.9. The summed E-state index contributed by atoms with van der Waals surface area (Å²) < 4.78 is 9.30. The second-order valence-corrected chi connectivity index (χ2v) is 4.67. The van der Waals surface area contributed by atoms with Gasteiger partial charge in [-0.2, -0.15) is 0 Å². The highest BCUT2D eigenvalue weighted by molar-refractivity contribution is 5.92. The summed E-state index contributed by atoms with van der Waals surface area (Å²) in [5, 5.41) is 30.2. The fraction of sp³-hybridized carbons (Fsp3) is 0.692. The molecule has 1 aliphatic rings. The number of alkyl carbamates (subject to hydrolysis) is 1. The first-order valence-electron chi connectivity index (χ1n) is 6.90. The molecule has 2 atom stereocenters. The Bertz CT molecular complexity index is 407. The van der Waals surface area contributed by atoms with E-state index < -0.39 is 42.4 Å². The molecular formula is C13H21NO7. The lowest BCUT2D eigenvalue weighted by Crippen LogP contribution is -2.31. The summed E-state index contributed by atoms with van der Waals surface area (Å²) in [5.41, 5.74) is 0. The van der Waals surface area contributed by atoms with Gasteiger partial charge in [0.2, 0.25) is 0 Å². The molecule has 1 rings (SSSR count). The topological polar surface area (TPSA) is 125 Å². The molecule has 8 nitrogen and oxygen atoms in total. The number of rotatable bonds is 8. The summed E-state index contributed by atoms with van der Waals surface area (Å²) in [4.78, 5) is 22.9. The van der Waals surface area contributed by atoms with Crippen LogP contribution in [0.2, 0.25) is 0 Å². The van der Waals surface area contributed by atoms with Crippen molar-refractivity contribution in [3.8, 4) is 0 Å². The number of aliphatic hydroxyl groups excluding tert-OH is 3. The Morgan fingerprint density at radius 2 is 2.14 bits per heavy atom. The molecule has 0 aromatic rings. The van der Waals surface area contributed by atoms with Crippen LogP contribution in [0.5, 0.6) is 0 Å². The third-order valence-corrected chi connectivity index (χ3v) is 2.95. The maximum Gasteiger partial charge on any atom is 0.412 e. The highest BCUT2D eigenvalue weighted by Gasteiger charge is 2.41. The van der Waals surface area contributed by atoms with Crippen molar-refractivity contribution in [2.75, 3.05) is 13.2 Å². The molecule has 0 bridgehead atoms. The quantitative estimate of drug-likeness (QED) is 0.376. The lowest BCUT2D eigenvalue weighted by molar-refractivity contribution is -0.147. The zero-order chi connectivity index (χ0) is 15.8. The largest absolute Gasteiger partial charge is 0.505 e. The highest BCUT2D eigenvalue weighted by atomic mass is 16.6. The van der Waals surface area contributed by atoms with Gasteiger partial charge in [-0.05, 0) is 6.42 Å². The van der Waals surface area contributed by atoms with Crippen LogP contribution >= 0.6 is 0 Å². The van der Waals surface area contributed by atoms with Gasteiger partial charge in [0.25, 0.3) is 5.76 Å². The van der Waals surface area contributed by atoms with Crippen LogP contribution in [0.1, 0.15) is 32.6 Å². The van der Waals surface area contributed by atoms with Gasteiger partial charge in [0.1, 0.15) is 6.10 Å². The van der Waals surface area contributed by atoms with Crippen molar-refractivity contribution in [3.63, 3.8) is 0 Å². The molecular weight excluding hydrogens is 282 g/mol. The van der Waals surface area contributed by atoms with Crippen molar-refractivity contribution >= 4 is 12.1 Å². The summed E-state index contributed by atoms with van der Waals surface area (Å²) in [7, 11) is 0. The van der Waals surface area contributed by atoms with E-state index in [0.29, 0.717) is 6.54 Å². The molecule has 8 heteroatoms. The summed E-state index contributed by atoms with van der Waals surface area (Å²) in [6.07, 6.45) is 0.106. The molecule has 0 aliphatic carbocycles. The number of carbonyl (C=O) groups excluding carboxylic acids is 2. The minimum atomic E-state index is -1.48. The minimum Gasteiger partial charge on any atom is -0.505 e. The number of nitrogens with one attached hydrogen (secondary N) is 1. The van der Waals surface area contributed by atoms with Crippen molar-refractivity contribution in [2.45, 2.75) is 44.8 Å². The number of cyclic esters (lactones) is 1. The lowest BCUT2D eigenvalue weighted by Gasteiger charge is -2.13. The molecule has 120 valence electrons. The number of esters is 1. The molecule has 0 saturated carbocycles. The van der Waals surface area contributed by atoms with Crippen LogP contribution in [-0.4, -0.2) is 52.7 Å². The Kier molecular flexibility index (Phi) is 6.97. The molecule has 0 fully saturated rings. The van der Waals surface area contributed by atoms with Crippen LogP contribution in [-0.2, 0) is 14.3 Å². The fourth-order valence-corrected chi connectivity index (χ4v) is 1.78. The number of ether oxygens (including phenoxy) is 2. The summed E-state index contributed by atoms with van der Waals surface area (Å²) >= 11 is 0. The van der Waals surface area contributed by atoms with Crippen molar-refractivity contribution in [3.05, 3.63) is 11.5 Å². The summed E-state index contributed by atoms with van der Waals surface area (Å²) in [6, 6.07) is 0. The molecule has 0 aromatic heterocycles. The zero-order valence-corrected chi connectivity index (χ0v) is 11.9. The van der Waals surface area contributed by atoms with Gasteiger partial charge in [-0.3, -0.25) is 0 Å². The van der Waals surface area contributed by atoms with E-state index in [1.165, 1.54) is 0 Å². The molecule has 0 radical (unpaired) electrons. The molecule has 21 heavy (non-hydrogen) atoms. The Balaban J connectivity index is 2.47. The van der Waals surface area contributed by atoms with Gasteiger partial charge >= 0.3 is 12.1 Å². The standard InChI is InChI=1S/C13H21NO7/c1-2-3-4-5-6-14-13(19)21-11-9(17)10(8(16)7-15)20-12(11)18/h8,10,15-17H,2-7H2,1H3,(H,14,19)/t8?,10-/m1/s1. The van der Waals surface area contributed by atoms with Crippen molar-refractivity contribution in [1.29, 1.82) is 0 Å². The molecule has 1 heterocycles. The smallest absolute Gasteiger partial charge is 0.412 e. The average Bonchev–Trinajstić information content (AvgIpc) is 2.74. The van der Waals surface area contributed by atoms with Gasteiger partial charge in [0, 0.05) is 6.54 Å². The van der Waals surface area contributed by atoms with E-state index in [1.807, 2.05) is 0 Å². The van der Waals surface area contributed by atoms with Crippen LogP contribution < -0.4 is 5.32 Å². The second-order valence-electron chi connectivity index (χ2n) is 4.67. The molecule has 4 N–H and O–H groups in total. The van der Waals surface area contributed by atoms with Crippen molar-refractivity contribution in [2.24, 2.45) is 0 Å². The van der Waals surface area contributed by atoms with Crippen LogP contribution in [0.25, 0.3) is 0 Å². The van der Waals surface area contributed by atoms with E-state index in [2.05, 4.69) is 21.7 Å². The van der Waals surface area contributed by atoms with Gasteiger partial charge < -0.3 is 30.1 Å². The van der Waals surface area contributed by atoms with E-state index in [9.17, 15) is 19.8 Å².